The van der Waals surface area contributed by atoms with Crippen LogP contribution < -0.4 is 0 Å². The molecule has 21 heavy (non-hydrogen) atoms. The lowest BCUT2D eigenvalue weighted by Gasteiger charge is -2.17. The molecule has 1 heterocycles. The van der Waals surface area contributed by atoms with Crippen molar-refractivity contribution in [2.45, 2.75) is 23.5 Å². The first-order valence-electron chi connectivity index (χ1n) is 6.26. The van der Waals surface area contributed by atoms with Crippen LogP contribution >= 0.6 is 11.8 Å². The molecule has 114 valence electrons. The van der Waals surface area contributed by atoms with Gasteiger partial charge < -0.3 is 5.11 Å². The summed E-state index contributed by atoms with van der Waals surface area (Å²) >= 11 is 1.59. The van der Waals surface area contributed by atoms with Crippen LogP contribution in [-0.4, -0.2) is 47.8 Å². The molecule has 1 amide bonds. The fraction of sp³-hybridized carbons (Fsp3) is 0.385. The molecule has 0 bridgehead atoms. The number of thioether (sulfide) groups is 1. The first kappa shape index (κ1) is 15.8. The zero-order valence-corrected chi connectivity index (χ0v) is 13.2. The van der Waals surface area contributed by atoms with Crippen LogP contribution in [0.1, 0.15) is 34.1 Å². The smallest absolute Gasteiger partial charge is 0.335 e. The minimum absolute atomic E-state index is 0.0387. The van der Waals surface area contributed by atoms with Crippen LogP contribution in [0, 0.1) is 0 Å². The van der Waals surface area contributed by atoms with Gasteiger partial charge in [0, 0.05) is 11.8 Å². The molecule has 0 fully saturated rings. The van der Waals surface area contributed by atoms with Gasteiger partial charge in [-0.3, -0.25) is 4.79 Å². The van der Waals surface area contributed by atoms with Crippen molar-refractivity contribution in [1.82, 2.24) is 4.31 Å². The minimum Gasteiger partial charge on any atom is -0.478 e. The van der Waals surface area contributed by atoms with Gasteiger partial charge in [0.15, 0.2) is 0 Å². The highest BCUT2D eigenvalue weighted by molar-refractivity contribution is 7.99. The average Bonchev–Trinajstić information content (AvgIpc) is 2.63. The van der Waals surface area contributed by atoms with Gasteiger partial charge in [0.25, 0.3) is 15.9 Å². The van der Waals surface area contributed by atoms with Gasteiger partial charge in [-0.2, -0.15) is 11.8 Å². The van der Waals surface area contributed by atoms with E-state index in [9.17, 15) is 18.0 Å². The van der Waals surface area contributed by atoms with Crippen LogP contribution in [-0.2, 0) is 10.0 Å². The number of carbonyl (C=O) groups excluding carboxylic acids is 1. The average molecular weight is 329 g/mol. The fourth-order valence-corrected chi connectivity index (χ4v) is 4.00. The number of carboxylic acids is 1. The number of amides is 1. The number of hydrogen-bond acceptors (Lipinski definition) is 5. The summed E-state index contributed by atoms with van der Waals surface area (Å²) in [5, 5.41) is 9.16. The lowest BCUT2D eigenvalue weighted by atomic mass is 10.1. The molecule has 1 unspecified atom stereocenters. The second-order valence-electron chi connectivity index (χ2n) is 4.73. The van der Waals surface area contributed by atoms with Gasteiger partial charge in [-0.1, -0.05) is 6.92 Å². The fourth-order valence-electron chi connectivity index (χ4n) is 2.05. The Kier molecular flexibility index (Phi) is 4.29. The van der Waals surface area contributed by atoms with Crippen molar-refractivity contribution in [3.63, 3.8) is 0 Å². The van der Waals surface area contributed by atoms with Crippen LogP contribution in [0.15, 0.2) is 23.1 Å². The Bertz CT molecular complexity index is 699. The summed E-state index contributed by atoms with van der Waals surface area (Å²) in [6.45, 7) is 2.05. The SMILES string of the molecule is CSC(C)CCN1C(=O)c2ccc(C(=O)O)cc2S1(=O)=O. The van der Waals surface area contributed by atoms with E-state index in [1.165, 1.54) is 12.1 Å². The van der Waals surface area contributed by atoms with Crippen molar-refractivity contribution in [3.8, 4) is 0 Å². The highest BCUT2D eigenvalue weighted by atomic mass is 32.2. The Morgan fingerprint density at radius 1 is 1.43 bits per heavy atom. The summed E-state index contributed by atoms with van der Waals surface area (Å²) in [5.74, 6) is -1.81. The van der Waals surface area contributed by atoms with Crippen LogP contribution in [0.25, 0.3) is 0 Å². The lowest BCUT2D eigenvalue weighted by Crippen LogP contribution is -2.32. The number of nitrogens with zero attached hydrogens (tertiary/aromatic N) is 1. The number of fused-ring (bicyclic) bond motifs is 1. The molecule has 2 rings (SSSR count). The van der Waals surface area contributed by atoms with Gasteiger partial charge in [-0.25, -0.2) is 17.5 Å². The Hall–Kier alpha value is -1.54. The molecular formula is C13H15NO5S2. The molecule has 8 heteroatoms. The number of hydrogen-bond donors (Lipinski definition) is 1. The zero-order valence-electron chi connectivity index (χ0n) is 11.6. The molecule has 1 aliphatic heterocycles. The molecule has 1 N–H and O–H groups in total. The summed E-state index contributed by atoms with van der Waals surface area (Å²) in [5.41, 5.74) is -0.110. The van der Waals surface area contributed by atoms with Crippen LogP contribution in [0.3, 0.4) is 0 Å². The van der Waals surface area contributed by atoms with Gasteiger partial charge in [0.05, 0.1) is 11.1 Å². The molecule has 1 atom stereocenters. The molecule has 0 radical (unpaired) electrons. The molecule has 1 aliphatic rings. The van der Waals surface area contributed by atoms with E-state index in [0.29, 0.717) is 6.42 Å². The number of sulfonamides is 1. The largest absolute Gasteiger partial charge is 0.478 e. The predicted octanol–water partition coefficient (Wildman–Crippen LogP) is 1.67. The third-order valence-electron chi connectivity index (χ3n) is 3.39. The lowest BCUT2D eigenvalue weighted by molar-refractivity contribution is 0.0695. The maximum absolute atomic E-state index is 12.4. The van der Waals surface area contributed by atoms with E-state index < -0.39 is 21.9 Å². The van der Waals surface area contributed by atoms with E-state index in [0.717, 1.165) is 10.4 Å². The van der Waals surface area contributed by atoms with E-state index in [1.54, 1.807) is 11.8 Å². The molecule has 1 aromatic carbocycles. The highest BCUT2D eigenvalue weighted by Crippen LogP contribution is 2.31. The Morgan fingerprint density at radius 3 is 2.67 bits per heavy atom. The third-order valence-corrected chi connectivity index (χ3v) is 6.26. The topological polar surface area (TPSA) is 91.8 Å². The molecular weight excluding hydrogens is 314 g/mol. The second kappa shape index (κ2) is 5.69. The molecule has 0 saturated heterocycles. The Balaban J connectivity index is 2.38. The summed E-state index contributed by atoms with van der Waals surface area (Å²) in [7, 11) is -3.94. The molecule has 0 saturated carbocycles. The van der Waals surface area contributed by atoms with Crippen molar-refractivity contribution in [2.24, 2.45) is 0 Å². The quantitative estimate of drug-likeness (QED) is 0.883. The number of aromatic carboxylic acids is 1. The van der Waals surface area contributed by atoms with Crippen LogP contribution in [0.2, 0.25) is 0 Å². The van der Waals surface area contributed by atoms with Crippen molar-refractivity contribution in [1.29, 1.82) is 0 Å². The molecule has 1 aromatic rings. The van der Waals surface area contributed by atoms with E-state index in [2.05, 4.69) is 0 Å². The summed E-state index contributed by atoms with van der Waals surface area (Å²) in [6, 6.07) is 3.54. The summed E-state index contributed by atoms with van der Waals surface area (Å²) in [6.07, 6.45) is 2.46. The first-order chi connectivity index (χ1) is 9.78. The van der Waals surface area contributed by atoms with Gasteiger partial charge in [0.1, 0.15) is 4.90 Å². The van der Waals surface area contributed by atoms with Crippen molar-refractivity contribution >= 4 is 33.7 Å². The van der Waals surface area contributed by atoms with Gasteiger partial charge in [0.2, 0.25) is 0 Å². The Labute approximate surface area is 127 Å². The van der Waals surface area contributed by atoms with Gasteiger partial charge >= 0.3 is 5.97 Å². The molecule has 0 spiro atoms. The second-order valence-corrected chi connectivity index (χ2v) is 7.84. The zero-order chi connectivity index (χ0) is 15.8. The predicted molar refractivity (Wildman–Crippen MR) is 79.2 cm³/mol. The maximum Gasteiger partial charge on any atom is 0.335 e. The van der Waals surface area contributed by atoms with Gasteiger partial charge in [-0.05, 0) is 30.9 Å². The highest BCUT2D eigenvalue weighted by Gasteiger charge is 2.41. The number of carbonyl (C=O) groups is 2. The first-order valence-corrected chi connectivity index (χ1v) is 8.99. The third kappa shape index (κ3) is 2.77. The molecule has 0 aromatic heterocycles. The number of benzene rings is 1. The summed E-state index contributed by atoms with van der Waals surface area (Å²) < 4.78 is 25.6. The van der Waals surface area contributed by atoms with Crippen LogP contribution in [0.4, 0.5) is 0 Å². The van der Waals surface area contributed by atoms with Crippen molar-refractivity contribution < 1.29 is 23.1 Å². The number of carboxylic acid groups (broad SMARTS) is 1. The minimum atomic E-state index is -3.94. The van der Waals surface area contributed by atoms with Crippen molar-refractivity contribution in [3.05, 3.63) is 29.3 Å². The monoisotopic (exact) mass is 329 g/mol. The van der Waals surface area contributed by atoms with E-state index in [4.69, 9.17) is 5.11 Å². The normalized spacial score (nSPS) is 17.6. The van der Waals surface area contributed by atoms with E-state index >= 15 is 0 Å². The van der Waals surface area contributed by atoms with Gasteiger partial charge in [-0.15, -0.1) is 0 Å². The van der Waals surface area contributed by atoms with E-state index in [-0.39, 0.29) is 27.8 Å². The number of rotatable bonds is 5. The van der Waals surface area contributed by atoms with E-state index in [1.807, 2.05) is 13.2 Å². The van der Waals surface area contributed by atoms with Crippen molar-refractivity contribution in [2.75, 3.05) is 12.8 Å². The molecule has 0 aliphatic carbocycles. The molecule has 6 nitrogen and oxygen atoms in total. The van der Waals surface area contributed by atoms with Crippen LogP contribution in [0.5, 0.6) is 0 Å². The standard InChI is InChI=1S/C13H15NO5S2/c1-8(20-2)5-6-14-12(15)10-4-3-9(13(16)17)7-11(10)21(14,18)19/h3-4,7-8H,5-6H2,1-2H3,(H,16,17). The maximum atomic E-state index is 12.4. The summed E-state index contributed by atoms with van der Waals surface area (Å²) in [4.78, 5) is 22.9. The Morgan fingerprint density at radius 2 is 2.10 bits per heavy atom.